The highest BCUT2D eigenvalue weighted by Gasteiger charge is 2.22. The summed E-state index contributed by atoms with van der Waals surface area (Å²) in [5.41, 5.74) is 7.35. The lowest BCUT2D eigenvalue weighted by atomic mass is 9.83. The van der Waals surface area contributed by atoms with Crippen LogP contribution in [0.15, 0.2) is 22.7 Å². The monoisotopic (exact) mass is 271 g/mol. The molecular weight excluding hydrogens is 254 g/mol. The average Bonchev–Trinajstić information content (AvgIpc) is 2.15. The van der Waals surface area contributed by atoms with Crippen molar-refractivity contribution in [2.24, 2.45) is 11.1 Å². The molecule has 0 bridgehead atoms. The molecule has 2 nitrogen and oxygen atoms in total. The Morgan fingerprint density at radius 2 is 1.93 bits per heavy atom. The Labute approximate surface area is 99.9 Å². The van der Waals surface area contributed by atoms with Gasteiger partial charge in [0.15, 0.2) is 0 Å². The first-order valence-electron chi connectivity index (χ1n) is 4.95. The van der Waals surface area contributed by atoms with Gasteiger partial charge in [0.05, 0.1) is 11.6 Å². The van der Waals surface area contributed by atoms with E-state index in [-0.39, 0.29) is 11.5 Å². The molecule has 0 aliphatic carbocycles. The van der Waals surface area contributed by atoms with Gasteiger partial charge in [-0.1, -0.05) is 26.8 Å². The minimum absolute atomic E-state index is 0.0275. The second kappa shape index (κ2) is 4.54. The Kier molecular flexibility index (Phi) is 3.79. The number of rotatable bonds is 2. The Balaban J connectivity index is 3.02. The molecule has 2 N–H and O–H groups in total. The summed E-state index contributed by atoms with van der Waals surface area (Å²) < 4.78 is 6.12. The van der Waals surface area contributed by atoms with Crippen LogP contribution in [0.25, 0.3) is 0 Å². The van der Waals surface area contributed by atoms with Gasteiger partial charge in [0.2, 0.25) is 0 Å². The van der Waals surface area contributed by atoms with E-state index in [2.05, 4.69) is 36.7 Å². The van der Waals surface area contributed by atoms with Crippen molar-refractivity contribution in [2.45, 2.75) is 26.8 Å². The lowest BCUT2D eigenvalue weighted by molar-refractivity contribution is 0.326. The van der Waals surface area contributed by atoms with Crippen molar-refractivity contribution < 1.29 is 4.74 Å². The molecule has 0 unspecified atom stereocenters. The van der Waals surface area contributed by atoms with Crippen LogP contribution in [0, 0.1) is 5.41 Å². The third kappa shape index (κ3) is 2.95. The predicted molar refractivity (Wildman–Crippen MR) is 67.1 cm³/mol. The summed E-state index contributed by atoms with van der Waals surface area (Å²) >= 11 is 3.46. The van der Waals surface area contributed by atoms with Crippen LogP contribution in [-0.4, -0.2) is 7.11 Å². The number of hydrogen-bond donors (Lipinski definition) is 1. The minimum Gasteiger partial charge on any atom is -0.496 e. The van der Waals surface area contributed by atoms with E-state index in [0.717, 1.165) is 15.8 Å². The van der Waals surface area contributed by atoms with Gasteiger partial charge in [0.25, 0.3) is 0 Å². The normalized spacial score (nSPS) is 13.7. The van der Waals surface area contributed by atoms with Crippen LogP contribution in [0.4, 0.5) is 0 Å². The van der Waals surface area contributed by atoms with Gasteiger partial charge in [0.1, 0.15) is 5.75 Å². The van der Waals surface area contributed by atoms with E-state index >= 15 is 0 Å². The molecule has 0 heterocycles. The Bertz CT molecular complexity index is 344. The first kappa shape index (κ1) is 12.5. The topological polar surface area (TPSA) is 35.2 Å². The van der Waals surface area contributed by atoms with Crippen LogP contribution in [0.1, 0.15) is 32.4 Å². The molecule has 0 fully saturated rings. The molecule has 0 saturated heterocycles. The summed E-state index contributed by atoms with van der Waals surface area (Å²) in [6.07, 6.45) is 0. The fraction of sp³-hybridized carbons (Fsp3) is 0.500. The molecule has 0 spiro atoms. The average molecular weight is 272 g/mol. The summed E-state index contributed by atoms with van der Waals surface area (Å²) in [6.45, 7) is 6.40. The zero-order valence-corrected chi connectivity index (χ0v) is 11.3. The summed E-state index contributed by atoms with van der Waals surface area (Å²) in [7, 11) is 1.66. The van der Waals surface area contributed by atoms with Crippen molar-refractivity contribution in [3.63, 3.8) is 0 Å². The highest BCUT2D eigenvalue weighted by molar-refractivity contribution is 9.10. The lowest BCUT2D eigenvalue weighted by Crippen LogP contribution is -2.26. The zero-order valence-electron chi connectivity index (χ0n) is 9.67. The van der Waals surface area contributed by atoms with Crippen molar-refractivity contribution in [3.8, 4) is 5.75 Å². The molecular formula is C12H18BrNO. The van der Waals surface area contributed by atoms with E-state index in [1.807, 2.05) is 18.2 Å². The van der Waals surface area contributed by atoms with E-state index in [1.54, 1.807) is 7.11 Å². The first-order valence-corrected chi connectivity index (χ1v) is 5.74. The van der Waals surface area contributed by atoms with Gasteiger partial charge in [0, 0.05) is 6.04 Å². The van der Waals surface area contributed by atoms with E-state index in [1.165, 1.54) is 0 Å². The zero-order chi connectivity index (χ0) is 11.6. The molecule has 0 aliphatic rings. The molecule has 1 aromatic rings. The standard InChI is InChI=1S/C12H18BrNO/c1-12(2,3)11(14)8-5-6-10(15-4)9(13)7-8/h5-7,11H,14H2,1-4H3/t11-/m0/s1. The number of nitrogens with two attached hydrogens (primary N) is 1. The van der Waals surface area contributed by atoms with Crippen LogP contribution in [0.5, 0.6) is 5.75 Å². The van der Waals surface area contributed by atoms with Gasteiger partial charge in [-0.3, -0.25) is 0 Å². The first-order chi connectivity index (χ1) is 6.86. The van der Waals surface area contributed by atoms with Crippen molar-refractivity contribution in [1.82, 2.24) is 0 Å². The maximum absolute atomic E-state index is 6.17. The fourth-order valence-electron chi connectivity index (χ4n) is 1.38. The highest BCUT2D eigenvalue weighted by atomic mass is 79.9. The SMILES string of the molecule is COc1ccc([C@H](N)C(C)(C)C)cc1Br. The van der Waals surface area contributed by atoms with E-state index in [4.69, 9.17) is 10.5 Å². The number of methoxy groups -OCH3 is 1. The molecule has 1 atom stereocenters. The predicted octanol–water partition coefficient (Wildman–Crippen LogP) is 3.50. The van der Waals surface area contributed by atoms with Gasteiger partial charge < -0.3 is 10.5 Å². The minimum atomic E-state index is 0.0275. The smallest absolute Gasteiger partial charge is 0.133 e. The van der Waals surface area contributed by atoms with Crippen LogP contribution in [-0.2, 0) is 0 Å². The lowest BCUT2D eigenvalue weighted by Gasteiger charge is -2.27. The number of hydrogen-bond acceptors (Lipinski definition) is 2. The molecule has 0 aliphatic heterocycles. The maximum atomic E-state index is 6.17. The highest BCUT2D eigenvalue weighted by Crippen LogP contribution is 2.34. The van der Waals surface area contributed by atoms with Gasteiger partial charge >= 0.3 is 0 Å². The van der Waals surface area contributed by atoms with E-state index < -0.39 is 0 Å². The Morgan fingerprint density at radius 3 is 2.33 bits per heavy atom. The number of ether oxygens (including phenoxy) is 1. The van der Waals surface area contributed by atoms with Gasteiger partial charge in [-0.25, -0.2) is 0 Å². The molecule has 15 heavy (non-hydrogen) atoms. The third-order valence-corrected chi connectivity index (χ3v) is 3.09. The van der Waals surface area contributed by atoms with Crippen molar-refractivity contribution in [2.75, 3.05) is 7.11 Å². The third-order valence-electron chi connectivity index (χ3n) is 2.47. The Hall–Kier alpha value is -0.540. The molecule has 0 saturated carbocycles. The summed E-state index contributed by atoms with van der Waals surface area (Å²) in [5, 5.41) is 0. The second-order valence-corrected chi connectivity index (χ2v) is 5.59. The summed E-state index contributed by atoms with van der Waals surface area (Å²) in [4.78, 5) is 0. The van der Waals surface area contributed by atoms with E-state index in [9.17, 15) is 0 Å². The maximum Gasteiger partial charge on any atom is 0.133 e. The van der Waals surface area contributed by atoms with Gasteiger partial charge in [-0.2, -0.15) is 0 Å². The van der Waals surface area contributed by atoms with E-state index in [0.29, 0.717) is 0 Å². The number of benzene rings is 1. The second-order valence-electron chi connectivity index (χ2n) is 4.74. The molecule has 84 valence electrons. The van der Waals surface area contributed by atoms with Crippen LogP contribution >= 0.6 is 15.9 Å². The van der Waals surface area contributed by atoms with Gasteiger partial charge in [-0.15, -0.1) is 0 Å². The van der Waals surface area contributed by atoms with Crippen molar-refractivity contribution in [1.29, 1.82) is 0 Å². The van der Waals surface area contributed by atoms with Gasteiger partial charge in [-0.05, 0) is 39.0 Å². The quantitative estimate of drug-likeness (QED) is 0.894. The van der Waals surface area contributed by atoms with Crippen molar-refractivity contribution in [3.05, 3.63) is 28.2 Å². The van der Waals surface area contributed by atoms with Crippen LogP contribution in [0.2, 0.25) is 0 Å². The molecule has 0 amide bonds. The number of halogens is 1. The molecule has 0 radical (unpaired) electrons. The molecule has 1 rings (SSSR count). The largest absolute Gasteiger partial charge is 0.496 e. The van der Waals surface area contributed by atoms with Crippen LogP contribution < -0.4 is 10.5 Å². The Morgan fingerprint density at radius 1 is 1.33 bits per heavy atom. The molecule has 3 heteroatoms. The molecule has 1 aromatic carbocycles. The summed E-state index contributed by atoms with van der Waals surface area (Å²) in [6, 6.07) is 6.00. The van der Waals surface area contributed by atoms with Crippen molar-refractivity contribution >= 4 is 15.9 Å². The van der Waals surface area contributed by atoms with Crippen LogP contribution in [0.3, 0.4) is 0 Å². The molecule has 0 aromatic heterocycles. The fourth-order valence-corrected chi connectivity index (χ4v) is 1.93. The summed E-state index contributed by atoms with van der Waals surface area (Å²) in [5.74, 6) is 0.833.